The van der Waals surface area contributed by atoms with E-state index in [1.54, 1.807) is 0 Å². The van der Waals surface area contributed by atoms with Gasteiger partial charge >= 0.3 is 0 Å². The summed E-state index contributed by atoms with van der Waals surface area (Å²) in [4.78, 5) is 0. The van der Waals surface area contributed by atoms with Crippen LogP contribution in [0.5, 0.6) is 0 Å². The summed E-state index contributed by atoms with van der Waals surface area (Å²) in [6.45, 7) is 0. The molecule has 2 atom stereocenters. The van der Waals surface area contributed by atoms with Gasteiger partial charge < -0.3 is 5.32 Å². The van der Waals surface area contributed by atoms with E-state index in [1.165, 1.54) is 44.9 Å². The normalized spacial score (nSPS) is 53.6. The molecule has 5 fully saturated rings. The average molecular weight is 244 g/mol. The highest BCUT2D eigenvalue weighted by atomic mass is 15.0. The molecule has 4 bridgehead atoms. The third-order valence-corrected chi connectivity index (χ3v) is 6.32. The van der Waals surface area contributed by atoms with Gasteiger partial charge in [0.25, 0.3) is 0 Å². The van der Waals surface area contributed by atoms with Crippen molar-refractivity contribution < 1.29 is 0 Å². The molecule has 5 aliphatic rings. The van der Waals surface area contributed by atoms with Crippen molar-refractivity contribution in [3.63, 3.8) is 0 Å². The lowest BCUT2D eigenvalue weighted by Crippen LogP contribution is -2.57. The molecule has 5 aliphatic carbocycles. The first-order valence-electron chi connectivity index (χ1n) is 7.99. The Bertz CT molecular complexity index is 342. The Balaban J connectivity index is 1.47. The van der Waals surface area contributed by atoms with Crippen LogP contribution in [0.1, 0.15) is 51.4 Å². The summed E-state index contributed by atoms with van der Waals surface area (Å²) in [6.07, 6.45) is 11.1. The van der Waals surface area contributed by atoms with Crippen molar-refractivity contribution in [2.24, 2.45) is 29.6 Å². The van der Waals surface area contributed by atoms with Gasteiger partial charge in [0.05, 0.1) is 12.0 Å². The Morgan fingerprint density at radius 2 is 1.56 bits per heavy atom. The number of nitriles is 1. The Hall–Kier alpha value is -0.550. The SMILES string of the molecule is N#CC1CCCC1NC1C2CC3CC(C2)CC1C3. The van der Waals surface area contributed by atoms with E-state index in [9.17, 15) is 5.26 Å². The fraction of sp³-hybridized carbons (Fsp3) is 0.938. The Morgan fingerprint density at radius 1 is 0.889 bits per heavy atom. The first-order chi connectivity index (χ1) is 8.83. The van der Waals surface area contributed by atoms with Gasteiger partial charge in [0.15, 0.2) is 0 Å². The van der Waals surface area contributed by atoms with Gasteiger partial charge in [-0.05, 0) is 68.6 Å². The van der Waals surface area contributed by atoms with E-state index in [1.807, 2.05) is 0 Å². The van der Waals surface area contributed by atoms with Crippen LogP contribution >= 0.6 is 0 Å². The predicted octanol–water partition coefficient (Wildman–Crippen LogP) is 3.09. The average Bonchev–Trinajstić information content (AvgIpc) is 2.80. The van der Waals surface area contributed by atoms with E-state index < -0.39 is 0 Å². The van der Waals surface area contributed by atoms with Gasteiger partial charge in [0.2, 0.25) is 0 Å². The number of rotatable bonds is 2. The van der Waals surface area contributed by atoms with Crippen molar-refractivity contribution in [1.82, 2.24) is 5.32 Å². The van der Waals surface area contributed by atoms with Gasteiger partial charge in [-0.3, -0.25) is 0 Å². The van der Waals surface area contributed by atoms with Crippen LogP contribution in [0, 0.1) is 40.9 Å². The maximum atomic E-state index is 9.23. The van der Waals surface area contributed by atoms with Crippen molar-refractivity contribution >= 4 is 0 Å². The molecule has 98 valence electrons. The molecule has 0 aromatic carbocycles. The second kappa shape index (κ2) is 4.23. The summed E-state index contributed by atoms with van der Waals surface area (Å²) >= 11 is 0. The fourth-order valence-electron chi connectivity index (χ4n) is 5.76. The first kappa shape index (κ1) is 11.3. The van der Waals surface area contributed by atoms with E-state index >= 15 is 0 Å². The number of nitrogens with one attached hydrogen (secondary N) is 1. The Morgan fingerprint density at radius 3 is 2.17 bits per heavy atom. The molecule has 0 amide bonds. The van der Waals surface area contributed by atoms with Crippen LogP contribution in [0.25, 0.3) is 0 Å². The quantitative estimate of drug-likeness (QED) is 0.810. The molecule has 5 saturated carbocycles. The topological polar surface area (TPSA) is 35.8 Å². The molecular formula is C16H24N2. The zero-order valence-electron chi connectivity index (χ0n) is 11.1. The number of hydrogen-bond acceptors (Lipinski definition) is 2. The lowest BCUT2D eigenvalue weighted by atomic mass is 9.54. The summed E-state index contributed by atoms with van der Waals surface area (Å²) in [5.41, 5.74) is 0. The van der Waals surface area contributed by atoms with Crippen LogP contribution in [0.3, 0.4) is 0 Å². The molecule has 2 heteroatoms. The largest absolute Gasteiger partial charge is 0.309 e. The third kappa shape index (κ3) is 1.71. The fourth-order valence-corrected chi connectivity index (χ4v) is 5.76. The van der Waals surface area contributed by atoms with Crippen molar-refractivity contribution in [2.75, 3.05) is 0 Å². The molecule has 18 heavy (non-hydrogen) atoms. The highest BCUT2D eigenvalue weighted by Crippen LogP contribution is 2.54. The minimum atomic E-state index is 0.294. The highest BCUT2D eigenvalue weighted by Gasteiger charge is 2.49. The standard InChI is InChI=1S/C16H24N2/c17-9-12-2-1-3-15(12)18-16-13-5-10-4-11(7-13)8-14(16)6-10/h10-16,18H,1-8H2. The minimum absolute atomic E-state index is 0.294. The zero-order valence-corrected chi connectivity index (χ0v) is 11.1. The second-order valence-electron chi connectivity index (χ2n) is 7.40. The van der Waals surface area contributed by atoms with Crippen LogP contribution in [-0.4, -0.2) is 12.1 Å². The van der Waals surface area contributed by atoms with Gasteiger partial charge in [-0.1, -0.05) is 6.42 Å². The lowest BCUT2D eigenvalue weighted by molar-refractivity contribution is -0.0184. The van der Waals surface area contributed by atoms with Crippen LogP contribution in [0.4, 0.5) is 0 Å². The molecular weight excluding hydrogens is 220 g/mol. The second-order valence-corrected chi connectivity index (χ2v) is 7.40. The highest BCUT2D eigenvalue weighted by molar-refractivity contribution is 5.05. The molecule has 2 nitrogen and oxygen atoms in total. The summed E-state index contributed by atoms with van der Waals surface area (Å²) in [7, 11) is 0. The van der Waals surface area contributed by atoms with E-state index in [0.29, 0.717) is 12.0 Å². The van der Waals surface area contributed by atoms with E-state index in [2.05, 4.69) is 11.4 Å². The summed E-state index contributed by atoms with van der Waals surface area (Å²) in [5.74, 6) is 4.30. The zero-order chi connectivity index (χ0) is 12.1. The molecule has 0 heterocycles. The van der Waals surface area contributed by atoms with E-state index in [0.717, 1.165) is 36.1 Å². The summed E-state index contributed by atoms with van der Waals surface area (Å²) in [5, 5.41) is 13.2. The summed E-state index contributed by atoms with van der Waals surface area (Å²) < 4.78 is 0. The Labute approximate surface area is 110 Å². The van der Waals surface area contributed by atoms with Gasteiger partial charge in [-0.15, -0.1) is 0 Å². The van der Waals surface area contributed by atoms with Gasteiger partial charge in [0, 0.05) is 12.1 Å². The first-order valence-corrected chi connectivity index (χ1v) is 7.99. The molecule has 1 N–H and O–H groups in total. The molecule has 5 rings (SSSR count). The molecule has 2 unspecified atom stereocenters. The minimum Gasteiger partial charge on any atom is -0.309 e. The molecule has 0 radical (unpaired) electrons. The van der Waals surface area contributed by atoms with Crippen molar-refractivity contribution in [2.45, 2.75) is 63.5 Å². The smallest absolute Gasteiger partial charge is 0.0672 e. The maximum absolute atomic E-state index is 9.23. The van der Waals surface area contributed by atoms with Gasteiger partial charge in [0.1, 0.15) is 0 Å². The number of nitrogens with zero attached hydrogens (tertiary/aromatic N) is 1. The maximum Gasteiger partial charge on any atom is 0.0672 e. The van der Waals surface area contributed by atoms with Crippen molar-refractivity contribution in [1.29, 1.82) is 5.26 Å². The van der Waals surface area contributed by atoms with E-state index in [4.69, 9.17) is 0 Å². The van der Waals surface area contributed by atoms with Crippen molar-refractivity contribution in [3.8, 4) is 6.07 Å². The van der Waals surface area contributed by atoms with Crippen LogP contribution in [0.15, 0.2) is 0 Å². The van der Waals surface area contributed by atoms with E-state index in [-0.39, 0.29) is 0 Å². The summed E-state index contributed by atoms with van der Waals surface area (Å²) in [6, 6.07) is 3.80. The van der Waals surface area contributed by atoms with Gasteiger partial charge in [-0.2, -0.15) is 5.26 Å². The number of hydrogen-bond donors (Lipinski definition) is 1. The monoisotopic (exact) mass is 244 g/mol. The third-order valence-electron chi connectivity index (χ3n) is 6.32. The van der Waals surface area contributed by atoms with Crippen LogP contribution < -0.4 is 5.32 Å². The van der Waals surface area contributed by atoms with Gasteiger partial charge in [-0.25, -0.2) is 0 Å². The molecule has 0 saturated heterocycles. The van der Waals surface area contributed by atoms with Crippen LogP contribution in [-0.2, 0) is 0 Å². The van der Waals surface area contributed by atoms with Crippen LogP contribution in [0.2, 0.25) is 0 Å². The molecule has 0 aromatic rings. The predicted molar refractivity (Wildman–Crippen MR) is 70.7 cm³/mol. The Kier molecular flexibility index (Phi) is 2.66. The molecule has 0 aliphatic heterocycles. The van der Waals surface area contributed by atoms with Crippen molar-refractivity contribution in [3.05, 3.63) is 0 Å². The molecule has 0 spiro atoms. The lowest BCUT2D eigenvalue weighted by Gasteiger charge is -2.55. The molecule has 0 aromatic heterocycles.